The molecule has 0 radical (unpaired) electrons. The molecule has 3 N–H and O–H groups in total. The van der Waals surface area contributed by atoms with E-state index < -0.39 is 16.1 Å². The Morgan fingerprint density at radius 1 is 1.36 bits per heavy atom. The van der Waals surface area contributed by atoms with Gasteiger partial charge in [-0.1, -0.05) is 24.6 Å². The molecular formula is C19H26N4O4S. The van der Waals surface area contributed by atoms with Gasteiger partial charge in [-0.15, -0.1) is 0 Å². The smallest absolute Gasteiger partial charge is 0.240 e. The summed E-state index contributed by atoms with van der Waals surface area (Å²) < 4.78 is 32.6. The molecule has 0 bridgehead atoms. The molecule has 2 aromatic rings. The molecule has 0 saturated heterocycles. The van der Waals surface area contributed by atoms with Crippen LogP contribution < -0.4 is 10.5 Å². The number of amides is 1. The van der Waals surface area contributed by atoms with E-state index in [4.69, 9.17) is 10.3 Å². The fourth-order valence-corrected chi connectivity index (χ4v) is 4.36. The first-order valence-electron chi connectivity index (χ1n) is 9.38. The molecule has 0 aliphatic carbocycles. The predicted molar refractivity (Wildman–Crippen MR) is 104 cm³/mol. The number of hydrogen-bond acceptors (Lipinski definition) is 6. The topological polar surface area (TPSA) is 119 Å². The zero-order valence-electron chi connectivity index (χ0n) is 16.1. The zero-order chi connectivity index (χ0) is 20.3. The number of sulfonamides is 1. The molecule has 0 saturated carbocycles. The van der Waals surface area contributed by atoms with Crippen LogP contribution in [0.3, 0.4) is 0 Å². The average molecular weight is 407 g/mol. The van der Waals surface area contributed by atoms with Gasteiger partial charge in [-0.05, 0) is 43.0 Å². The van der Waals surface area contributed by atoms with Crippen LogP contribution in [0.2, 0.25) is 0 Å². The van der Waals surface area contributed by atoms with Crippen molar-refractivity contribution in [1.29, 1.82) is 0 Å². The molecule has 1 aromatic heterocycles. The van der Waals surface area contributed by atoms with E-state index in [1.54, 1.807) is 36.1 Å². The molecule has 0 spiro atoms. The van der Waals surface area contributed by atoms with E-state index in [0.717, 1.165) is 17.5 Å². The van der Waals surface area contributed by atoms with Crippen LogP contribution >= 0.6 is 0 Å². The van der Waals surface area contributed by atoms with E-state index in [1.807, 2.05) is 6.92 Å². The summed E-state index contributed by atoms with van der Waals surface area (Å²) in [5, 5.41) is 3.79. The molecule has 1 aliphatic heterocycles. The number of aromatic nitrogens is 1. The highest BCUT2D eigenvalue weighted by molar-refractivity contribution is 7.89. The second-order valence-electron chi connectivity index (χ2n) is 7.09. The number of rotatable bonds is 7. The first-order chi connectivity index (χ1) is 13.3. The third-order valence-electron chi connectivity index (χ3n) is 4.85. The van der Waals surface area contributed by atoms with Crippen LogP contribution in [0, 0.1) is 6.92 Å². The van der Waals surface area contributed by atoms with Gasteiger partial charge in [0.25, 0.3) is 0 Å². The van der Waals surface area contributed by atoms with Gasteiger partial charge in [0.15, 0.2) is 0 Å². The molecule has 9 heteroatoms. The van der Waals surface area contributed by atoms with Crippen molar-refractivity contribution >= 4 is 15.9 Å². The second kappa shape index (κ2) is 8.42. The summed E-state index contributed by atoms with van der Waals surface area (Å²) in [5.41, 5.74) is 8.37. The number of nitrogens with one attached hydrogen (secondary N) is 1. The van der Waals surface area contributed by atoms with E-state index in [2.05, 4.69) is 9.88 Å². The SMILES string of the molecule is CCCC(N)C(=O)N1CCc2cc(S(=O)(=O)NCc3cc(C)on3)ccc2C1. The molecule has 28 heavy (non-hydrogen) atoms. The van der Waals surface area contributed by atoms with Gasteiger partial charge < -0.3 is 15.2 Å². The van der Waals surface area contributed by atoms with Crippen LogP contribution in [0.4, 0.5) is 0 Å². The van der Waals surface area contributed by atoms with Crippen LogP contribution in [-0.2, 0) is 34.3 Å². The molecule has 1 atom stereocenters. The fourth-order valence-electron chi connectivity index (χ4n) is 3.31. The second-order valence-corrected chi connectivity index (χ2v) is 8.86. The highest BCUT2D eigenvalue weighted by Crippen LogP contribution is 2.23. The van der Waals surface area contributed by atoms with Crippen molar-refractivity contribution in [2.75, 3.05) is 6.54 Å². The van der Waals surface area contributed by atoms with Crippen molar-refractivity contribution in [3.05, 3.63) is 46.8 Å². The average Bonchev–Trinajstić information content (AvgIpc) is 3.10. The lowest BCUT2D eigenvalue weighted by molar-refractivity contribution is -0.133. The standard InChI is InChI=1S/C19H26N4O4S/c1-3-4-18(20)19(24)23-8-7-14-10-17(6-5-15(14)12-23)28(25,26)21-11-16-9-13(2)27-22-16/h5-6,9-10,18,21H,3-4,7-8,11-12,20H2,1-2H3. The third-order valence-corrected chi connectivity index (χ3v) is 6.25. The Balaban J connectivity index is 1.69. The van der Waals surface area contributed by atoms with Crippen molar-refractivity contribution < 1.29 is 17.7 Å². The third kappa shape index (κ3) is 4.60. The maximum Gasteiger partial charge on any atom is 0.240 e. The molecule has 0 fully saturated rings. The molecule has 1 unspecified atom stereocenters. The highest BCUT2D eigenvalue weighted by atomic mass is 32.2. The minimum Gasteiger partial charge on any atom is -0.361 e. The monoisotopic (exact) mass is 406 g/mol. The summed E-state index contributed by atoms with van der Waals surface area (Å²) in [7, 11) is -3.67. The molecule has 1 aromatic carbocycles. The largest absolute Gasteiger partial charge is 0.361 e. The number of fused-ring (bicyclic) bond motifs is 1. The number of nitrogens with two attached hydrogens (primary N) is 1. The van der Waals surface area contributed by atoms with Gasteiger partial charge in [-0.25, -0.2) is 13.1 Å². The lowest BCUT2D eigenvalue weighted by Gasteiger charge is -2.31. The maximum atomic E-state index is 12.6. The van der Waals surface area contributed by atoms with Gasteiger partial charge in [0.05, 0.1) is 23.2 Å². The van der Waals surface area contributed by atoms with E-state index in [1.165, 1.54) is 0 Å². The van der Waals surface area contributed by atoms with Gasteiger partial charge in [-0.3, -0.25) is 4.79 Å². The van der Waals surface area contributed by atoms with Crippen LogP contribution in [0.15, 0.2) is 33.7 Å². The molecule has 1 amide bonds. The molecular weight excluding hydrogens is 380 g/mol. The Morgan fingerprint density at radius 3 is 2.82 bits per heavy atom. The van der Waals surface area contributed by atoms with Crippen molar-refractivity contribution in [3.63, 3.8) is 0 Å². The van der Waals surface area contributed by atoms with Gasteiger partial charge in [0.2, 0.25) is 15.9 Å². The molecule has 8 nitrogen and oxygen atoms in total. The first kappa shape index (κ1) is 20.5. The van der Waals surface area contributed by atoms with Gasteiger partial charge in [-0.2, -0.15) is 0 Å². The number of hydrogen-bond donors (Lipinski definition) is 2. The molecule has 2 heterocycles. The molecule has 1 aliphatic rings. The van der Waals surface area contributed by atoms with Crippen LogP contribution in [0.5, 0.6) is 0 Å². The Kier molecular flexibility index (Phi) is 6.17. The van der Waals surface area contributed by atoms with E-state index in [-0.39, 0.29) is 17.3 Å². The van der Waals surface area contributed by atoms with E-state index in [9.17, 15) is 13.2 Å². The summed E-state index contributed by atoms with van der Waals surface area (Å²) in [5.74, 6) is 0.578. The zero-order valence-corrected chi connectivity index (χ0v) is 17.0. The number of aryl methyl sites for hydroxylation is 1. The number of carbonyl (C=O) groups excluding carboxylic acids is 1. The van der Waals surface area contributed by atoms with Crippen LogP contribution in [0.25, 0.3) is 0 Å². The van der Waals surface area contributed by atoms with Crippen molar-refractivity contribution in [2.45, 2.75) is 57.1 Å². The predicted octanol–water partition coefficient (Wildman–Crippen LogP) is 1.47. The number of carbonyl (C=O) groups is 1. The lowest BCUT2D eigenvalue weighted by Crippen LogP contribution is -2.45. The lowest BCUT2D eigenvalue weighted by atomic mass is 9.99. The molecule has 3 rings (SSSR count). The van der Waals surface area contributed by atoms with Gasteiger partial charge in [0.1, 0.15) is 5.76 Å². The summed E-state index contributed by atoms with van der Waals surface area (Å²) >= 11 is 0. The first-order valence-corrected chi connectivity index (χ1v) is 10.9. The molecule has 152 valence electrons. The summed E-state index contributed by atoms with van der Waals surface area (Å²) in [6, 6.07) is 6.23. The number of benzene rings is 1. The number of nitrogens with zero attached hydrogens (tertiary/aromatic N) is 2. The summed E-state index contributed by atoms with van der Waals surface area (Å²) in [6.45, 7) is 4.81. The Hall–Kier alpha value is -2.23. The van der Waals surface area contributed by atoms with Crippen LogP contribution in [0.1, 0.15) is 42.3 Å². The van der Waals surface area contributed by atoms with Crippen molar-refractivity contribution in [3.8, 4) is 0 Å². The normalized spacial score (nSPS) is 15.3. The van der Waals surface area contributed by atoms with E-state index >= 15 is 0 Å². The minimum atomic E-state index is -3.67. The van der Waals surface area contributed by atoms with Crippen molar-refractivity contribution in [1.82, 2.24) is 14.8 Å². The highest BCUT2D eigenvalue weighted by Gasteiger charge is 2.26. The summed E-state index contributed by atoms with van der Waals surface area (Å²) in [4.78, 5) is 14.4. The van der Waals surface area contributed by atoms with E-state index in [0.29, 0.717) is 37.4 Å². The Bertz CT molecular complexity index is 955. The minimum absolute atomic E-state index is 0.0474. The van der Waals surface area contributed by atoms with Gasteiger partial charge in [0, 0.05) is 19.2 Å². The maximum absolute atomic E-state index is 12.6. The Labute approximate surface area is 165 Å². The quantitative estimate of drug-likeness (QED) is 0.719. The Morgan fingerprint density at radius 2 is 2.14 bits per heavy atom. The van der Waals surface area contributed by atoms with Crippen molar-refractivity contribution in [2.24, 2.45) is 5.73 Å². The summed E-state index contributed by atoms with van der Waals surface area (Å²) in [6.07, 6.45) is 2.13. The van der Waals surface area contributed by atoms with Crippen LogP contribution in [-0.4, -0.2) is 37.0 Å². The fraction of sp³-hybridized carbons (Fsp3) is 0.474. The van der Waals surface area contributed by atoms with Gasteiger partial charge >= 0.3 is 0 Å².